The number of amides is 1. The number of carbonyl (C=O) groups is 1. The SMILES string of the molecule is CC(C)(C)OC(=O)NCCOCC1CCCCCN1. The predicted octanol–water partition coefficient (Wildman–Crippen LogP) is 2.06. The van der Waals surface area contributed by atoms with Gasteiger partial charge in [-0.15, -0.1) is 0 Å². The average molecular weight is 272 g/mol. The molecule has 1 aliphatic heterocycles. The molecule has 1 saturated heterocycles. The Hall–Kier alpha value is -0.810. The monoisotopic (exact) mass is 272 g/mol. The van der Waals surface area contributed by atoms with Gasteiger partial charge in [-0.1, -0.05) is 12.8 Å². The van der Waals surface area contributed by atoms with Crippen molar-refractivity contribution in [3.8, 4) is 0 Å². The van der Waals surface area contributed by atoms with Crippen molar-refractivity contribution in [2.24, 2.45) is 0 Å². The van der Waals surface area contributed by atoms with E-state index in [-0.39, 0.29) is 6.09 Å². The highest BCUT2D eigenvalue weighted by atomic mass is 16.6. The summed E-state index contributed by atoms with van der Waals surface area (Å²) in [5.74, 6) is 0. The summed E-state index contributed by atoms with van der Waals surface area (Å²) in [5, 5.41) is 6.16. The lowest BCUT2D eigenvalue weighted by Gasteiger charge is -2.20. The second kappa shape index (κ2) is 8.38. The van der Waals surface area contributed by atoms with E-state index in [0.717, 1.165) is 13.2 Å². The molecular weight excluding hydrogens is 244 g/mol. The Morgan fingerprint density at radius 3 is 2.84 bits per heavy atom. The van der Waals surface area contributed by atoms with Crippen molar-refractivity contribution in [2.75, 3.05) is 26.3 Å². The molecule has 0 radical (unpaired) electrons. The zero-order valence-corrected chi connectivity index (χ0v) is 12.5. The van der Waals surface area contributed by atoms with Gasteiger partial charge in [0.15, 0.2) is 0 Å². The number of hydrogen-bond acceptors (Lipinski definition) is 4. The van der Waals surface area contributed by atoms with Crippen LogP contribution in [0.15, 0.2) is 0 Å². The number of carbonyl (C=O) groups excluding carboxylic acids is 1. The minimum atomic E-state index is -0.449. The van der Waals surface area contributed by atoms with E-state index in [1.54, 1.807) is 0 Å². The van der Waals surface area contributed by atoms with Crippen molar-refractivity contribution in [1.29, 1.82) is 0 Å². The molecule has 19 heavy (non-hydrogen) atoms. The third-order valence-corrected chi connectivity index (χ3v) is 2.90. The molecule has 112 valence electrons. The van der Waals surface area contributed by atoms with Gasteiger partial charge in [0.2, 0.25) is 0 Å². The molecule has 1 rings (SSSR count). The van der Waals surface area contributed by atoms with E-state index in [4.69, 9.17) is 9.47 Å². The second-order valence-corrected chi connectivity index (χ2v) is 6.00. The van der Waals surface area contributed by atoms with E-state index >= 15 is 0 Å². The molecule has 0 bridgehead atoms. The fraction of sp³-hybridized carbons (Fsp3) is 0.929. The largest absolute Gasteiger partial charge is 0.444 e. The summed E-state index contributed by atoms with van der Waals surface area (Å²) in [4.78, 5) is 11.4. The van der Waals surface area contributed by atoms with E-state index in [9.17, 15) is 4.79 Å². The quantitative estimate of drug-likeness (QED) is 0.752. The Bertz CT molecular complexity index is 256. The molecule has 2 N–H and O–H groups in total. The number of hydrogen-bond donors (Lipinski definition) is 2. The predicted molar refractivity (Wildman–Crippen MR) is 75.3 cm³/mol. The molecule has 0 aliphatic carbocycles. The maximum absolute atomic E-state index is 11.4. The molecule has 1 amide bonds. The molecular formula is C14H28N2O3. The zero-order valence-electron chi connectivity index (χ0n) is 12.5. The van der Waals surface area contributed by atoms with Crippen molar-refractivity contribution in [3.05, 3.63) is 0 Å². The highest BCUT2D eigenvalue weighted by Gasteiger charge is 2.15. The highest BCUT2D eigenvalue weighted by molar-refractivity contribution is 5.67. The van der Waals surface area contributed by atoms with Gasteiger partial charge in [-0.25, -0.2) is 4.79 Å². The van der Waals surface area contributed by atoms with Crippen molar-refractivity contribution < 1.29 is 14.3 Å². The smallest absolute Gasteiger partial charge is 0.407 e. The number of ether oxygens (including phenoxy) is 2. The van der Waals surface area contributed by atoms with Crippen molar-refractivity contribution in [3.63, 3.8) is 0 Å². The van der Waals surface area contributed by atoms with Crippen LogP contribution in [-0.2, 0) is 9.47 Å². The lowest BCUT2D eigenvalue weighted by Crippen LogP contribution is -2.36. The summed E-state index contributed by atoms with van der Waals surface area (Å²) >= 11 is 0. The van der Waals surface area contributed by atoms with E-state index in [0.29, 0.717) is 19.2 Å². The molecule has 0 saturated carbocycles. The normalized spacial score (nSPS) is 20.7. The van der Waals surface area contributed by atoms with Gasteiger partial charge in [-0.05, 0) is 40.2 Å². The molecule has 1 unspecified atom stereocenters. The van der Waals surface area contributed by atoms with Gasteiger partial charge in [-0.3, -0.25) is 0 Å². The summed E-state index contributed by atoms with van der Waals surface area (Å²) < 4.78 is 10.7. The first-order chi connectivity index (χ1) is 8.97. The standard InChI is InChI=1S/C14H28N2O3/c1-14(2,3)19-13(17)16-9-10-18-11-12-7-5-4-6-8-15-12/h12,15H,4-11H2,1-3H3,(H,16,17). The Balaban J connectivity index is 2.00. The minimum absolute atomic E-state index is 0.385. The molecule has 0 aromatic heterocycles. The molecule has 5 heteroatoms. The van der Waals surface area contributed by atoms with Crippen molar-refractivity contribution in [1.82, 2.24) is 10.6 Å². The van der Waals surface area contributed by atoms with E-state index in [1.165, 1.54) is 25.7 Å². The summed E-state index contributed by atoms with van der Waals surface area (Å²) in [7, 11) is 0. The average Bonchev–Trinajstić information content (AvgIpc) is 2.54. The minimum Gasteiger partial charge on any atom is -0.444 e. The van der Waals surface area contributed by atoms with Crippen LogP contribution in [0.1, 0.15) is 46.5 Å². The fourth-order valence-corrected chi connectivity index (χ4v) is 2.01. The van der Waals surface area contributed by atoms with Gasteiger partial charge in [-0.2, -0.15) is 0 Å². The van der Waals surface area contributed by atoms with E-state index in [2.05, 4.69) is 10.6 Å². The molecule has 1 aliphatic rings. The van der Waals surface area contributed by atoms with Crippen LogP contribution in [0, 0.1) is 0 Å². The Kier molecular flexibility index (Phi) is 7.16. The van der Waals surface area contributed by atoms with Crippen LogP contribution in [0.5, 0.6) is 0 Å². The Morgan fingerprint density at radius 2 is 2.11 bits per heavy atom. The molecule has 0 spiro atoms. The van der Waals surface area contributed by atoms with Gasteiger partial charge in [0, 0.05) is 12.6 Å². The summed E-state index contributed by atoms with van der Waals surface area (Å²) in [5.41, 5.74) is -0.449. The number of alkyl carbamates (subject to hydrolysis) is 1. The fourth-order valence-electron chi connectivity index (χ4n) is 2.01. The van der Waals surface area contributed by atoms with Gasteiger partial charge < -0.3 is 20.1 Å². The van der Waals surface area contributed by atoms with Crippen LogP contribution >= 0.6 is 0 Å². The third kappa shape index (κ3) is 8.83. The first kappa shape index (κ1) is 16.2. The molecule has 1 heterocycles. The maximum atomic E-state index is 11.4. The number of rotatable bonds is 5. The molecule has 0 aromatic rings. The first-order valence-electron chi connectivity index (χ1n) is 7.25. The van der Waals surface area contributed by atoms with Crippen LogP contribution in [0.3, 0.4) is 0 Å². The van der Waals surface area contributed by atoms with E-state index < -0.39 is 5.60 Å². The van der Waals surface area contributed by atoms with Crippen molar-refractivity contribution in [2.45, 2.75) is 58.1 Å². The van der Waals surface area contributed by atoms with Crippen LogP contribution in [0.25, 0.3) is 0 Å². The second-order valence-electron chi connectivity index (χ2n) is 6.00. The van der Waals surface area contributed by atoms with Gasteiger partial charge in [0.25, 0.3) is 0 Å². The van der Waals surface area contributed by atoms with Gasteiger partial charge >= 0.3 is 6.09 Å². The van der Waals surface area contributed by atoms with Crippen LogP contribution in [0.4, 0.5) is 4.79 Å². The zero-order chi connectivity index (χ0) is 14.1. The maximum Gasteiger partial charge on any atom is 0.407 e. The number of nitrogens with one attached hydrogen (secondary N) is 2. The lowest BCUT2D eigenvalue weighted by atomic mass is 10.1. The summed E-state index contributed by atoms with van der Waals surface area (Å²) in [6.07, 6.45) is 4.64. The molecule has 1 fully saturated rings. The molecule has 5 nitrogen and oxygen atoms in total. The Labute approximate surface area is 116 Å². The molecule has 1 atom stereocenters. The van der Waals surface area contributed by atoms with Crippen LogP contribution in [0.2, 0.25) is 0 Å². The highest BCUT2D eigenvalue weighted by Crippen LogP contribution is 2.08. The van der Waals surface area contributed by atoms with Crippen LogP contribution < -0.4 is 10.6 Å². The van der Waals surface area contributed by atoms with E-state index in [1.807, 2.05) is 20.8 Å². The van der Waals surface area contributed by atoms with Crippen molar-refractivity contribution >= 4 is 6.09 Å². The van der Waals surface area contributed by atoms with Gasteiger partial charge in [0.05, 0.1) is 13.2 Å². The summed E-state index contributed by atoms with van der Waals surface area (Å²) in [6.45, 7) is 8.36. The third-order valence-electron chi connectivity index (χ3n) is 2.90. The van der Waals surface area contributed by atoms with Gasteiger partial charge in [0.1, 0.15) is 5.60 Å². The van der Waals surface area contributed by atoms with Crippen LogP contribution in [-0.4, -0.2) is 44.0 Å². The lowest BCUT2D eigenvalue weighted by molar-refractivity contribution is 0.0491. The summed E-state index contributed by atoms with van der Waals surface area (Å²) in [6, 6.07) is 0.462. The molecule has 0 aromatic carbocycles. The topological polar surface area (TPSA) is 59.6 Å². The Morgan fingerprint density at radius 1 is 1.32 bits per heavy atom. The first-order valence-corrected chi connectivity index (χ1v) is 7.25.